The van der Waals surface area contributed by atoms with Gasteiger partial charge in [-0.2, -0.15) is 5.26 Å². The average molecular weight is 213 g/mol. The summed E-state index contributed by atoms with van der Waals surface area (Å²) in [6, 6.07) is 9.42. The number of rotatable bonds is 2. The van der Waals surface area contributed by atoms with E-state index in [4.69, 9.17) is 5.26 Å². The lowest BCUT2D eigenvalue weighted by atomic mass is 10.2. The van der Waals surface area contributed by atoms with Gasteiger partial charge in [-0.1, -0.05) is 0 Å². The summed E-state index contributed by atoms with van der Waals surface area (Å²) in [6.45, 7) is 0.298. The molecule has 0 saturated heterocycles. The van der Waals surface area contributed by atoms with E-state index in [1.165, 1.54) is 0 Å². The van der Waals surface area contributed by atoms with Crippen molar-refractivity contribution >= 4 is 16.8 Å². The Hall–Kier alpha value is -2.28. The van der Waals surface area contributed by atoms with E-state index in [9.17, 15) is 4.79 Å². The highest BCUT2D eigenvalue weighted by Crippen LogP contribution is 2.17. The Morgan fingerprint density at radius 1 is 1.50 bits per heavy atom. The normalized spacial score (nSPS) is 10.0. The summed E-state index contributed by atoms with van der Waals surface area (Å²) in [6.07, 6.45) is 1.85. The molecular formula is C12H11N3O. The second kappa shape index (κ2) is 4.07. The van der Waals surface area contributed by atoms with Crippen molar-refractivity contribution in [2.75, 3.05) is 7.05 Å². The first-order valence-electron chi connectivity index (χ1n) is 4.94. The molecule has 0 aliphatic carbocycles. The maximum Gasteiger partial charge on any atom is 0.239 e. The molecule has 16 heavy (non-hydrogen) atoms. The zero-order chi connectivity index (χ0) is 11.5. The number of carbonyl (C=O) groups is 1. The molecule has 4 nitrogen and oxygen atoms in total. The molecule has 0 spiro atoms. The molecule has 1 N–H and O–H groups in total. The molecule has 0 fully saturated rings. The summed E-state index contributed by atoms with van der Waals surface area (Å²) < 4.78 is 1.86. The molecule has 0 saturated carbocycles. The Morgan fingerprint density at radius 3 is 3.00 bits per heavy atom. The number of aromatic nitrogens is 1. The Balaban J connectivity index is 2.42. The van der Waals surface area contributed by atoms with Crippen LogP contribution in [0.4, 0.5) is 0 Å². The maximum atomic E-state index is 11.3. The summed E-state index contributed by atoms with van der Waals surface area (Å²) in [5, 5.41) is 12.3. The Labute approximate surface area is 93.1 Å². The van der Waals surface area contributed by atoms with Gasteiger partial charge in [-0.3, -0.25) is 4.79 Å². The van der Waals surface area contributed by atoms with E-state index in [1.807, 2.05) is 29.0 Å². The van der Waals surface area contributed by atoms with Gasteiger partial charge >= 0.3 is 0 Å². The monoisotopic (exact) mass is 213 g/mol. The van der Waals surface area contributed by atoms with Gasteiger partial charge in [-0.25, -0.2) is 0 Å². The number of hydrogen-bond acceptors (Lipinski definition) is 2. The zero-order valence-electron chi connectivity index (χ0n) is 8.90. The van der Waals surface area contributed by atoms with E-state index < -0.39 is 0 Å². The Morgan fingerprint density at radius 2 is 2.31 bits per heavy atom. The van der Waals surface area contributed by atoms with Crippen molar-refractivity contribution in [3.05, 3.63) is 36.0 Å². The number of amides is 1. The van der Waals surface area contributed by atoms with Crippen LogP contribution in [0.5, 0.6) is 0 Å². The second-order valence-corrected chi connectivity index (χ2v) is 3.50. The van der Waals surface area contributed by atoms with Crippen LogP contribution >= 0.6 is 0 Å². The second-order valence-electron chi connectivity index (χ2n) is 3.50. The average Bonchev–Trinajstić information content (AvgIpc) is 2.71. The minimum atomic E-state index is -0.0399. The van der Waals surface area contributed by atoms with Gasteiger partial charge < -0.3 is 9.88 Å². The van der Waals surface area contributed by atoms with Crippen LogP contribution in [-0.2, 0) is 11.3 Å². The van der Waals surface area contributed by atoms with Crippen LogP contribution in [-0.4, -0.2) is 17.5 Å². The van der Waals surface area contributed by atoms with Crippen molar-refractivity contribution in [2.45, 2.75) is 6.54 Å². The number of carbonyl (C=O) groups excluding carboxylic acids is 1. The smallest absolute Gasteiger partial charge is 0.239 e. The zero-order valence-corrected chi connectivity index (χ0v) is 8.90. The van der Waals surface area contributed by atoms with Gasteiger partial charge in [0.05, 0.1) is 11.6 Å². The quantitative estimate of drug-likeness (QED) is 0.816. The van der Waals surface area contributed by atoms with Crippen LogP contribution < -0.4 is 5.32 Å². The fourth-order valence-electron chi connectivity index (χ4n) is 1.64. The van der Waals surface area contributed by atoms with Crippen molar-refractivity contribution < 1.29 is 4.79 Å². The highest BCUT2D eigenvalue weighted by Gasteiger charge is 2.04. The number of nitriles is 1. The summed E-state index contributed by atoms with van der Waals surface area (Å²) in [7, 11) is 1.61. The van der Waals surface area contributed by atoms with Crippen LogP contribution in [0.15, 0.2) is 30.5 Å². The third kappa shape index (κ3) is 1.75. The summed E-state index contributed by atoms with van der Waals surface area (Å²) in [5.41, 5.74) is 1.59. The van der Waals surface area contributed by atoms with Crippen LogP contribution in [0, 0.1) is 11.3 Å². The predicted octanol–water partition coefficient (Wildman–Crippen LogP) is 1.26. The van der Waals surface area contributed by atoms with Crippen molar-refractivity contribution in [1.29, 1.82) is 5.26 Å². The first-order valence-corrected chi connectivity index (χ1v) is 4.94. The largest absolute Gasteiger partial charge is 0.358 e. The molecular weight excluding hydrogens is 202 g/mol. The standard InChI is InChI=1S/C12H11N3O/c1-14-12(16)8-15-5-4-10-6-9(7-13)2-3-11(10)15/h2-6H,8H2,1H3,(H,14,16). The van der Waals surface area contributed by atoms with Crippen LogP contribution in [0.25, 0.3) is 10.9 Å². The lowest BCUT2D eigenvalue weighted by Gasteiger charge is -2.03. The highest BCUT2D eigenvalue weighted by atomic mass is 16.1. The van der Waals surface area contributed by atoms with Crippen molar-refractivity contribution in [3.8, 4) is 6.07 Å². The minimum Gasteiger partial charge on any atom is -0.358 e. The molecule has 2 rings (SSSR count). The number of fused-ring (bicyclic) bond motifs is 1. The van der Waals surface area contributed by atoms with Gasteiger partial charge in [0, 0.05) is 24.1 Å². The molecule has 1 aromatic heterocycles. The van der Waals surface area contributed by atoms with E-state index in [-0.39, 0.29) is 5.91 Å². The number of nitrogens with one attached hydrogen (secondary N) is 1. The van der Waals surface area contributed by atoms with Gasteiger partial charge in [0.15, 0.2) is 0 Å². The fourth-order valence-corrected chi connectivity index (χ4v) is 1.64. The topological polar surface area (TPSA) is 57.8 Å². The van der Waals surface area contributed by atoms with Crippen LogP contribution in [0.2, 0.25) is 0 Å². The van der Waals surface area contributed by atoms with Crippen LogP contribution in [0.3, 0.4) is 0 Å². The molecule has 0 bridgehead atoms. The first-order chi connectivity index (χ1) is 7.74. The number of benzene rings is 1. The molecule has 1 heterocycles. The molecule has 0 aliphatic heterocycles. The molecule has 0 atom stereocenters. The molecule has 1 aromatic carbocycles. The van der Waals surface area contributed by atoms with Gasteiger partial charge in [0.25, 0.3) is 0 Å². The first kappa shape index (κ1) is 10.2. The van der Waals surface area contributed by atoms with E-state index in [0.717, 1.165) is 10.9 Å². The van der Waals surface area contributed by atoms with Gasteiger partial charge in [-0.05, 0) is 24.3 Å². The maximum absolute atomic E-state index is 11.3. The third-order valence-electron chi connectivity index (χ3n) is 2.49. The molecule has 0 unspecified atom stereocenters. The fraction of sp³-hybridized carbons (Fsp3) is 0.167. The molecule has 0 radical (unpaired) electrons. The van der Waals surface area contributed by atoms with Gasteiger partial charge in [-0.15, -0.1) is 0 Å². The van der Waals surface area contributed by atoms with Crippen molar-refractivity contribution in [3.63, 3.8) is 0 Å². The molecule has 2 aromatic rings. The summed E-state index contributed by atoms with van der Waals surface area (Å²) in [5.74, 6) is -0.0399. The Kier molecular flexibility index (Phi) is 2.61. The lowest BCUT2D eigenvalue weighted by Crippen LogP contribution is -2.22. The molecule has 80 valence electrons. The predicted molar refractivity (Wildman–Crippen MR) is 60.7 cm³/mol. The number of hydrogen-bond donors (Lipinski definition) is 1. The minimum absolute atomic E-state index is 0.0399. The number of likely N-dealkylation sites (N-methyl/N-ethyl adjacent to an activating group) is 1. The number of nitrogens with zero attached hydrogens (tertiary/aromatic N) is 2. The summed E-state index contributed by atoms with van der Waals surface area (Å²) in [4.78, 5) is 11.3. The van der Waals surface area contributed by atoms with E-state index >= 15 is 0 Å². The van der Waals surface area contributed by atoms with E-state index in [2.05, 4.69) is 11.4 Å². The molecule has 1 amide bonds. The van der Waals surface area contributed by atoms with E-state index in [1.54, 1.807) is 13.1 Å². The highest BCUT2D eigenvalue weighted by molar-refractivity contribution is 5.84. The van der Waals surface area contributed by atoms with Gasteiger partial charge in [0.2, 0.25) is 5.91 Å². The van der Waals surface area contributed by atoms with Crippen LogP contribution in [0.1, 0.15) is 5.56 Å². The lowest BCUT2D eigenvalue weighted by molar-refractivity contribution is -0.121. The van der Waals surface area contributed by atoms with Crippen molar-refractivity contribution in [2.24, 2.45) is 0 Å². The van der Waals surface area contributed by atoms with E-state index in [0.29, 0.717) is 12.1 Å². The Bertz CT molecular complexity index is 577. The van der Waals surface area contributed by atoms with Crippen molar-refractivity contribution in [1.82, 2.24) is 9.88 Å². The molecule has 4 heteroatoms. The molecule has 0 aliphatic rings. The van der Waals surface area contributed by atoms with Gasteiger partial charge in [0.1, 0.15) is 6.54 Å². The summed E-state index contributed by atoms with van der Waals surface area (Å²) >= 11 is 0. The third-order valence-corrected chi connectivity index (χ3v) is 2.49. The SMILES string of the molecule is CNC(=O)Cn1ccc2cc(C#N)ccc21.